The molecule has 1 fully saturated rings. The lowest BCUT2D eigenvalue weighted by atomic mass is 10.0. The second kappa shape index (κ2) is 11.1. The summed E-state index contributed by atoms with van der Waals surface area (Å²) in [6.07, 6.45) is 3.20. The van der Waals surface area contributed by atoms with Crippen LogP contribution in [0.5, 0.6) is 0 Å². The van der Waals surface area contributed by atoms with Crippen LogP contribution < -0.4 is 5.32 Å². The van der Waals surface area contributed by atoms with Gasteiger partial charge in [0.05, 0.1) is 17.0 Å². The van der Waals surface area contributed by atoms with Gasteiger partial charge in [-0.05, 0) is 83.8 Å². The van der Waals surface area contributed by atoms with Crippen molar-refractivity contribution in [3.05, 3.63) is 78.8 Å². The summed E-state index contributed by atoms with van der Waals surface area (Å²) in [5, 5.41) is 13.8. The molecule has 0 aliphatic carbocycles. The summed E-state index contributed by atoms with van der Waals surface area (Å²) in [6, 6.07) is 15.9. The molecular formula is C28H29F3N4O3S2. The largest absolute Gasteiger partial charge is 0.446 e. The summed E-state index contributed by atoms with van der Waals surface area (Å²) >= 11 is -0.196. The number of aliphatic hydroxyl groups excluding tert-OH is 1. The van der Waals surface area contributed by atoms with Crippen LogP contribution in [0.15, 0.2) is 82.8 Å². The molecule has 0 unspecified atom stereocenters. The third-order valence-electron chi connectivity index (χ3n) is 6.94. The van der Waals surface area contributed by atoms with Crippen molar-refractivity contribution in [3.8, 4) is 11.1 Å². The summed E-state index contributed by atoms with van der Waals surface area (Å²) in [6.45, 7) is 4.29. The first-order chi connectivity index (χ1) is 18.9. The molecule has 0 radical (unpaired) electrons. The Morgan fingerprint density at radius 3 is 2.33 bits per heavy atom. The van der Waals surface area contributed by atoms with Gasteiger partial charge in [-0.25, -0.2) is 13.4 Å². The number of fused-ring (bicyclic) bond motifs is 1. The highest BCUT2D eigenvalue weighted by molar-refractivity contribution is 8.00. The predicted octanol–water partition coefficient (Wildman–Crippen LogP) is 5.97. The second-order valence-corrected chi connectivity index (χ2v) is 13.1. The van der Waals surface area contributed by atoms with Crippen LogP contribution in [-0.2, 0) is 10.0 Å². The van der Waals surface area contributed by atoms with E-state index < -0.39 is 27.7 Å². The third-order valence-corrected chi connectivity index (χ3v) is 9.55. The summed E-state index contributed by atoms with van der Waals surface area (Å²) in [7, 11) is -3.84. The van der Waals surface area contributed by atoms with Gasteiger partial charge in [-0.15, -0.1) is 0 Å². The van der Waals surface area contributed by atoms with E-state index in [0.29, 0.717) is 18.0 Å². The van der Waals surface area contributed by atoms with Crippen LogP contribution in [0.25, 0.3) is 16.8 Å². The van der Waals surface area contributed by atoms with Crippen LogP contribution in [0.4, 0.5) is 18.9 Å². The molecule has 5 rings (SSSR count). The second-order valence-electron chi connectivity index (χ2n) is 10.1. The van der Waals surface area contributed by atoms with Crippen LogP contribution in [-0.4, -0.2) is 58.0 Å². The molecule has 2 N–H and O–H groups in total. The number of aliphatic hydroxyl groups is 1. The van der Waals surface area contributed by atoms with Crippen molar-refractivity contribution in [2.75, 3.05) is 18.4 Å². The molecule has 1 saturated heterocycles. The summed E-state index contributed by atoms with van der Waals surface area (Å²) < 4.78 is 67.7. The first kappa shape index (κ1) is 28.5. The van der Waals surface area contributed by atoms with E-state index in [-0.39, 0.29) is 34.6 Å². The Morgan fingerprint density at radius 2 is 1.70 bits per heavy atom. The maximum atomic E-state index is 13.3. The van der Waals surface area contributed by atoms with Crippen LogP contribution in [0, 0.1) is 0 Å². The molecule has 0 spiro atoms. The molecule has 0 bridgehead atoms. The molecule has 12 heteroatoms. The number of anilines is 1. The number of sulfonamides is 1. The van der Waals surface area contributed by atoms with Crippen molar-refractivity contribution in [1.82, 2.24) is 13.7 Å². The van der Waals surface area contributed by atoms with E-state index in [0.717, 1.165) is 22.5 Å². The maximum absolute atomic E-state index is 13.3. The molecule has 0 amide bonds. The molecule has 4 aromatic rings. The number of thioether (sulfide) groups is 1. The number of nitrogens with one attached hydrogen (secondary N) is 1. The number of benzene rings is 2. The Kier molecular flexibility index (Phi) is 7.88. The molecule has 7 nitrogen and oxygen atoms in total. The minimum absolute atomic E-state index is 0.0631. The molecule has 40 heavy (non-hydrogen) atoms. The summed E-state index contributed by atoms with van der Waals surface area (Å²) in [5.41, 5.74) is -0.0752. The van der Waals surface area contributed by atoms with E-state index in [1.807, 2.05) is 28.9 Å². The first-order valence-corrected chi connectivity index (χ1v) is 15.0. The number of piperidine rings is 1. The number of hydrogen-bond acceptors (Lipinski definition) is 6. The number of rotatable bonds is 7. The number of hydrogen-bond donors (Lipinski definition) is 2. The number of pyridine rings is 1. The van der Waals surface area contributed by atoms with Crippen molar-refractivity contribution in [1.29, 1.82) is 0 Å². The van der Waals surface area contributed by atoms with Gasteiger partial charge in [-0.1, -0.05) is 26.0 Å². The minimum Gasteiger partial charge on any atom is -0.390 e. The van der Waals surface area contributed by atoms with Gasteiger partial charge in [0.2, 0.25) is 10.0 Å². The Labute approximate surface area is 235 Å². The lowest BCUT2D eigenvalue weighted by Crippen LogP contribution is -2.51. The number of halogens is 3. The van der Waals surface area contributed by atoms with Gasteiger partial charge < -0.3 is 14.8 Å². The smallest absolute Gasteiger partial charge is 0.390 e. The average Bonchev–Trinajstić information content (AvgIpc) is 3.34. The lowest BCUT2D eigenvalue weighted by molar-refractivity contribution is -0.0328. The van der Waals surface area contributed by atoms with Crippen molar-refractivity contribution in [3.63, 3.8) is 0 Å². The van der Waals surface area contributed by atoms with Crippen LogP contribution in [0.3, 0.4) is 0 Å². The van der Waals surface area contributed by atoms with E-state index in [1.54, 1.807) is 24.3 Å². The molecule has 212 valence electrons. The minimum atomic E-state index is -4.36. The fourth-order valence-corrected chi connectivity index (χ4v) is 6.83. The normalized spacial score (nSPS) is 18.9. The lowest BCUT2D eigenvalue weighted by Gasteiger charge is -2.36. The van der Waals surface area contributed by atoms with Crippen molar-refractivity contribution < 1.29 is 26.7 Å². The Hall–Kier alpha value is -3.06. The molecule has 2 aromatic carbocycles. The Balaban J connectivity index is 1.25. The fourth-order valence-electron chi connectivity index (χ4n) is 4.82. The van der Waals surface area contributed by atoms with Crippen molar-refractivity contribution >= 4 is 33.1 Å². The summed E-state index contributed by atoms with van der Waals surface area (Å²) in [5.74, 6) is 0.301. The fraction of sp³-hybridized carbons (Fsp3) is 0.321. The predicted molar refractivity (Wildman–Crippen MR) is 150 cm³/mol. The van der Waals surface area contributed by atoms with E-state index in [2.05, 4.69) is 24.1 Å². The topological polar surface area (TPSA) is 86.9 Å². The first-order valence-electron chi connectivity index (χ1n) is 12.8. The number of aromatic nitrogens is 2. The molecule has 2 aromatic heterocycles. The monoisotopic (exact) mass is 590 g/mol. The molecule has 0 saturated carbocycles. The van der Waals surface area contributed by atoms with Gasteiger partial charge in [0, 0.05) is 41.8 Å². The summed E-state index contributed by atoms with van der Waals surface area (Å²) in [4.78, 5) is 4.64. The van der Waals surface area contributed by atoms with E-state index in [1.165, 1.54) is 28.6 Å². The van der Waals surface area contributed by atoms with E-state index >= 15 is 0 Å². The van der Waals surface area contributed by atoms with E-state index in [4.69, 9.17) is 0 Å². The maximum Gasteiger partial charge on any atom is 0.446 e. The quantitative estimate of drug-likeness (QED) is 0.258. The van der Waals surface area contributed by atoms with Gasteiger partial charge >= 0.3 is 5.51 Å². The molecule has 3 heterocycles. The number of imidazole rings is 1. The van der Waals surface area contributed by atoms with Crippen LogP contribution in [0.1, 0.15) is 31.9 Å². The van der Waals surface area contributed by atoms with Crippen molar-refractivity contribution in [2.24, 2.45) is 0 Å². The number of alkyl halides is 3. The average molecular weight is 591 g/mol. The van der Waals surface area contributed by atoms with E-state index in [9.17, 15) is 26.7 Å². The zero-order chi connectivity index (χ0) is 28.7. The van der Waals surface area contributed by atoms with Gasteiger partial charge in [0.1, 0.15) is 5.65 Å². The van der Waals surface area contributed by atoms with Gasteiger partial charge in [-0.3, -0.25) is 0 Å². The molecular weight excluding hydrogens is 561 g/mol. The highest BCUT2D eigenvalue weighted by atomic mass is 32.2. The number of β-amino-alcohol motifs (C(OH)–C–C–N with tert-alkyl or cyclic N) is 1. The van der Waals surface area contributed by atoms with Gasteiger partial charge in [-0.2, -0.15) is 17.5 Å². The Morgan fingerprint density at radius 1 is 1.02 bits per heavy atom. The number of nitrogens with zero attached hydrogens (tertiary/aromatic N) is 3. The SMILES string of the molecule is CC(C)c1cnc2ccc(-c3ccc(S(=O)(=O)N4CC[C@@H](Nc5ccc(SC(F)(F)F)cc5)[C@@H](O)C4)cc3)cn12. The van der Waals surface area contributed by atoms with Gasteiger partial charge in [0.25, 0.3) is 0 Å². The molecule has 1 aliphatic rings. The zero-order valence-electron chi connectivity index (χ0n) is 21.8. The van der Waals surface area contributed by atoms with Gasteiger partial charge in [0.15, 0.2) is 0 Å². The third kappa shape index (κ3) is 6.14. The zero-order valence-corrected chi connectivity index (χ0v) is 23.5. The van der Waals surface area contributed by atoms with Crippen LogP contribution >= 0.6 is 11.8 Å². The van der Waals surface area contributed by atoms with Crippen LogP contribution in [0.2, 0.25) is 0 Å². The molecule has 2 atom stereocenters. The standard InChI is InChI=1S/C28H29F3N4O3S2/c1-18(2)25-15-32-27-12-5-20(16-35(25)27)19-3-10-23(11-4-19)40(37,38)34-14-13-24(26(36)17-34)33-21-6-8-22(9-7-21)39-28(29,30)31/h3-12,15-16,18,24,26,33,36H,13-14,17H2,1-2H3/t24-,26+/m1/s1. The Bertz CT molecular complexity index is 1590. The highest BCUT2D eigenvalue weighted by Crippen LogP contribution is 2.37. The highest BCUT2D eigenvalue weighted by Gasteiger charge is 2.35. The molecule has 1 aliphatic heterocycles. The van der Waals surface area contributed by atoms with Crippen molar-refractivity contribution in [2.45, 2.75) is 53.6 Å².